The fourth-order valence-corrected chi connectivity index (χ4v) is 4.63. The van der Waals surface area contributed by atoms with E-state index in [0.717, 1.165) is 0 Å². The lowest BCUT2D eigenvalue weighted by Gasteiger charge is -2.15. The second-order valence-electron chi connectivity index (χ2n) is 4.27. The van der Waals surface area contributed by atoms with E-state index in [0.29, 0.717) is 0 Å². The van der Waals surface area contributed by atoms with Crippen LogP contribution in [0.1, 0.15) is 25.5 Å². The van der Waals surface area contributed by atoms with Crippen LogP contribution in [0, 0.1) is 5.82 Å². The molecule has 1 rings (SSSR count). The second kappa shape index (κ2) is 6.38. The number of hydrogen-bond donors (Lipinski definition) is 1. The molecule has 0 radical (unpaired) electrons. The first-order valence-electron chi connectivity index (χ1n) is 5.75. The Morgan fingerprint density at radius 3 is 2.50 bits per heavy atom. The van der Waals surface area contributed by atoms with Gasteiger partial charge in [-0.15, -0.1) is 0 Å². The number of halogens is 2. The van der Waals surface area contributed by atoms with E-state index in [4.69, 9.17) is 11.6 Å². The highest BCUT2D eigenvalue weighted by atomic mass is 35.5. The van der Waals surface area contributed by atoms with E-state index in [-0.39, 0.29) is 16.3 Å². The molecule has 0 aliphatic carbocycles. The van der Waals surface area contributed by atoms with E-state index in [1.54, 1.807) is 6.92 Å². The first-order chi connectivity index (χ1) is 9.08. The predicted molar refractivity (Wildman–Crippen MR) is 78.9 cm³/mol. The maximum atomic E-state index is 13.7. The Hall–Kier alpha value is -0.700. The van der Waals surface area contributed by atoms with Crippen LogP contribution in [0.25, 0.3) is 0 Å². The van der Waals surface area contributed by atoms with Crippen LogP contribution in [0.4, 0.5) is 4.39 Å². The standard InChI is InChI=1S/C11H16ClFN2O3S2/c1-4-19(3,16)15-20(17,18)14-8(2)11-9(12)6-5-7-10(11)13/h5-8,14H,4H2,1-3H3/t8-,19-/m1/s1. The van der Waals surface area contributed by atoms with Gasteiger partial charge in [-0.25, -0.2) is 8.60 Å². The molecule has 0 saturated heterocycles. The van der Waals surface area contributed by atoms with Crippen LogP contribution in [0.3, 0.4) is 0 Å². The molecule has 0 unspecified atom stereocenters. The van der Waals surface area contributed by atoms with Crippen LogP contribution in [-0.4, -0.2) is 24.6 Å². The lowest BCUT2D eigenvalue weighted by molar-refractivity contribution is 0.551. The minimum Gasteiger partial charge on any atom is -0.249 e. The average molecular weight is 343 g/mol. The minimum absolute atomic E-state index is 0.0204. The molecule has 114 valence electrons. The van der Waals surface area contributed by atoms with Gasteiger partial charge in [-0.2, -0.15) is 13.1 Å². The number of nitrogens with zero attached hydrogens (tertiary/aromatic N) is 1. The Balaban J connectivity index is 3.11. The summed E-state index contributed by atoms with van der Waals surface area (Å²) in [5, 5.41) is 0.105. The first kappa shape index (κ1) is 17.4. The van der Waals surface area contributed by atoms with Crippen molar-refractivity contribution in [3.05, 3.63) is 34.6 Å². The molecule has 0 saturated carbocycles. The van der Waals surface area contributed by atoms with Gasteiger partial charge in [0, 0.05) is 28.6 Å². The molecule has 1 N–H and O–H groups in total. The van der Waals surface area contributed by atoms with Crippen LogP contribution in [0.2, 0.25) is 5.02 Å². The summed E-state index contributed by atoms with van der Waals surface area (Å²) in [6.07, 6.45) is 1.24. The molecular weight excluding hydrogens is 327 g/mol. The van der Waals surface area contributed by atoms with Gasteiger partial charge >= 0.3 is 10.2 Å². The van der Waals surface area contributed by atoms with Crippen molar-refractivity contribution in [2.75, 3.05) is 12.0 Å². The zero-order valence-corrected chi connectivity index (χ0v) is 13.6. The third-order valence-electron chi connectivity index (χ3n) is 2.55. The number of rotatable bonds is 5. The molecule has 2 atom stereocenters. The summed E-state index contributed by atoms with van der Waals surface area (Å²) in [4.78, 5) is 0. The molecule has 0 fully saturated rings. The summed E-state index contributed by atoms with van der Waals surface area (Å²) in [5.74, 6) is -0.525. The van der Waals surface area contributed by atoms with Crippen molar-refractivity contribution in [2.45, 2.75) is 19.9 Å². The Morgan fingerprint density at radius 1 is 1.40 bits per heavy atom. The first-order valence-corrected chi connectivity index (χ1v) is 9.66. The number of hydrogen-bond acceptors (Lipinski definition) is 3. The van der Waals surface area contributed by atoms with Crippen molar-refractivity contribution >= 4 is 31.5 Å². The van der Waals surface area contributed by atoms with E-state index in [1.165, 1.54) is 31.4 Å². The second-order valence-corrected chi connectivity index (χ2v) is 8.96. The van der Waals surface area contributed by atoms with E-state index < -0.39 is 31.8 Å². The topological polar surface area (TPSA) is 75.6 Å². The number of nitrogens with one attached hydrogen (secondary N) is 1. The fraction of sp³-hybridized carbons (Fsp3) is 0.455. The van der Waals surface area contributed by atoms with Crippen molar-refractivity contribution in [3.63, 3.8) is 0 Å². The Kier molecular flexibility index (Phi) is 5.54. The van der Waals surface area contributed by atoms with Crippen LogP contribution >= 0.6 is 11.6 Å². The summed E-state index contributed by atoms with van der Waals surface area (Å²) in [5.41, 5.74) is 0.0204. The van der Waals surface area contributed by atoms with Gasteiger partial charge in [0.15, 0.2) is 0 Å². The largest absolute Gasteiger partial charge is 0.328 e. The normalized spacial score (nSPS) is 16.4. The highest BCUT2D eigenvalue weighted by Crippen LogP contribution is 2.26. The fourth-order valence-electron chi connectivity index (χ4n) is 1.49. The highest BCUT2D eigenvalue weighted by Gasteiger charge is 2.21. The molecule has 0 aliphatic rings. The monoisotopic (exact) mass is 342 g/mol. The van der Waals surface area contributed by atoms with Gasteiger partial charge in [-0.05, 0) is 19.1 Å². The van der Waals surface area contributed by atoms with Gasteiger partial charge in [0.2, 0.25) is 0 Å². The van der Waals surface area contributed by atoms with Gasteiger partial charge in [0.1, 0.15) is 5.82 Å². The van der Waals surface area contributed by atoms with Crippen molar-refractivity contribution in [1.82, 2.24) is 4.72 Å². The smallest absolute Gasteiger partial charge is 0.249 e. The summed E-state index contributed by atoms with van der Waals surface area (Å²) in [6, 6.07) is 3.13. The van der Waals surface area contributed by atoms with Gasteiger partial charge < -0.3 is 0 Å². The Bertz CT molecular complexity index is 692. The highest BCUT2D eigenvalue weighted by molar-refractivity contribution is 8.02. The molecule has 1 aromatic rings. The lowest BCUT2D eigenvalue weighted by Crippen LogP contribution is -2.27. The van der Waals surface area contributed by atoms with E-state index in [9.17, 15) is 17.0 Å². The van der Waals surface area contributed by atoms with Crippen LogP contribution < -0.4 is 4.72 Å². The van der Waals surface area contributed by atoms with E-state index >= 15 is 0 Å². The quantitative estimate of drug-likeness (QED) is 0.893. The van der Waals surface area contributed by atoms with Gasteiger partial charge in [0.25, 0.3) is 0 Å². The molecule has 1 aromatic carbocycles. The van der Waals surface area contributed by atoms with Crippen molar-refractivity contribution in [1.29, 1.82) is 0 Å². The van der Waals surface area contributed by atoms with Crippen molar-refractivity contribution in [2.24, 2.45) is 3.77 Å². The minimum atomic E-state index is -4.16. The summed E-state index contributed by atoms with van der Waals surface area (Å²) in [7, 11) is -6.99. The maximum Gasteiger partial charge on any atom is 0.328 e. The zero-order chi connectivity index (χ0) is 15.6. The molecular formula is C11H16ClFN2O3S2. The zero-order valence-electron chi connectivity index (χ0n) is 11.3. The summed E-state index contributed by atoms with van der Waals surface area (Å²) in [6.45, 7) is 3.00. The average Bonchev–Trinajstić information content (AvgIpc) is 2.26. The maximum absolute atomic E-state index is 13.7. The third-order valence-corrected chi connectivity index (χ3v) is 6.65. The molecule has 0 aromatic heterocycles. The molecule has 0 aliphatic heterocycles. The summed E-state index contributed by atoms with van der Waals surface area (Å²) < 4.78 is 54.4. The van der Waals surface area contributed by atoms with Gasteiger partial charge in [-0.1, -0.05) is 28.4 Å². The molecule has 0 bridgehead atoms. The molecule has 5 nitrogen and oxygen atoms in total. The molecule has 0 spiro atoms. The third kappa shape index (κ3) is 4.69. The van der Waals surface area contributed by atoms with Crippen molar-refractivity contribution < 1.29 is 17.0 Å². The Morgan fingerprint density at radius 2 is 2.00 bits per heavy atom. The SMILES string of the molecule is CC[S@@](C)(=O)=NS(=O)(=O)N[C@H](C)c1c(F)cccc1Cl. The number of benzene rings is 1. The molecule has 0 amide bonds. The van der Waals surface area contributed by atoms with E-state index in [2.05, 4.69) is 8.49 Å². The van der Waals surface area contributed by atoms with Crippen molar-refractivity contribution in [3.8, 4) is 0 Å². The molecule has 9 heteroatoms. The lowest BCUT2D eigenvalue weighted by atomic mass is 10.1. The van der Waals surface area contributed by atoms with Gasteiger partial charge in [-0.3, -0.25) is 0 Å². The predicted octanol–water partition coefficient (Wildman–Crippen LogP) is 2.49. The van der Waals surface area contributed by atoms with Crippen LogP contribution in [0.5, 0.6) is 0 Å². The summed E-state index contributed by atoms with van der Waals surface area (Å²) >= 11 is 5.85. The molecule has 0 heterocycles. The molecule has 20 heavy (non-hydrogen) atoms. The van der Waals surface area contributed by atoms with Gasteiger partial charge in [0.05, 0.1) is 9.73 Å². The van der Waals surface area contributed by atoms with Crippen LogP contribution in [0.15, 0.2) is 22.0 Å². The van der Waals surface area contributed by atoms with E-state index in [1.807, 2.05) is 0 Å². The van der Waals surface area contributed by atoms with Crippen LogP contribution in [-0.2, 0) is 19.9 Å². The Labute approximate surface area is 123 Å².